The standard InChI is InChI=1S/C16H22FNO2/c1-16(2,3)14(10-11-19)18-15(20)9-8-12-6-4-5-7-13(12)17/h4-9,14,19H,10-11H2,1-3H3,(H,18,20)/b9-8+. The van der Waals surface area contributed by atoms with E-state index in [-0.39, 0.29) is 29.8 Å². The van der Waals surface area contributed by atoms with Crippen molar-refractivity contribution in [1.82, 2.24) is 5.32 Å². The molecule has 20 heavy (non-hydrogen) atoms. The summed E-state index contributed by atoms with van der Waals surface area (Å²) >= 11 is 0. The minimum absolute atomic E-state index is 0.0131. The van der Waals surface area contributed by atoms with Gasteiger partial charge in [0.15, 0.2) is 0 Å². The maximum Gasteiger partial charge on any atom is 0.244 e. The molecule has 0 aliphatic rings. The number of aliphatic hydroxyl groups excluding tert-OH is 1. The van der Waals surface area contributed by atoms with Gasteiger partial charge in [-0.25, -0.2) is 4.39 Å². The SMILES string of the molecule is CC(C)(C)C(CCO)NC(=O)/C=C/c1ccccc1F. The smallest absolute Gasteiger partial charge is 0.244 e. The summed E-state index contributed by atoms with van der Waals surface area (Å²) in [6.07, 6.45) is 3.25. The molecule has 0 aromatic heterocycles. The van der Waals surface area contributed by atoms with Crippen molar-refractivity contribution in [1.29, 1.82) is 0 Å². The first kappa shape index (κ1) is 16.4. The summed E-state index contributed by atoms with van der Waals surface area (Å²) in [5.74, 6) is -0.652. The molecular weight excluding hydrogens is 257 g/mol. The van der Waals surface area contributed by atoms with Crippen molar-refractivity contribution >= 4 is 12.0 Å². The number of aliphatic hydroxyl groups is 1. The second-order valence-electron chi connectivity index (χ2n) is 5.79. The summed E-state index contributed by atoms with van der Waals surface area (Å²) in [5.41, 5.74) is 0.224. The first-order valence-electron chi connectivity index (χ1n) is 6.68. The van der Waals surface area contributed by atoms with Crippen LogP contribution in [0.25, 0.3) is 6.08 Å². The third kappa shape index (κ3) is 5.13. The fourth-order valence-electron chi connectivity index (χ4n) is 1.85. The number of benzene rings is 1. The number of nitrogens with one attached hydrogen (secondary N) is 1. The van der Waals surface area contributed by atoms with Gasteiger partial charge in [0.1, 0.15) is 5.82 Å². The molecule has 0 saturated carbocycles. The van der Waals surface area contributed by atoms with E-state index in [1.54, 1.807) is 18.2 Å². The number of amides is 1. The highest BCUT2D eigenvalue weighted by Crippen LogP contribution is 2.21. The van der Waals surface area contributed by atoms with Gasteiger partial charge in [-0.3, -0.25) is 4.79 Å². The minimum atomic E-state index is -0.362. The highest BCUT2D eigenvalue weighted by atomic mass is 19.1. The Bertz CT molecular complexity index is 478. The Kier molecular flexibility index (Phi) is 5.89. The van der Waals surface area contributed by atoms with Crippen molar-refractivity contribution < 1.29 is 14.3 Å². The van der Waals surface area contributed by atoms with Gasteiger partial charge in [-0.2, -0.15) is 0 Å². The zero-order chi connectivity index (χ0) is 15.2. The van der Waals surface area contributed by atoms with E-state index >= 15 is 0 Å². The van der Waals surface area contributed by atoms with Gasteiger partial charge >= 0.3 is 0 Å². The van der Waals surface area contributed by atoms with E-state index in [0.717, 1.165) is 0 Å². The molecule has 2 N–H and O–H groups in total. The molecule has 0 radical (unpaired) electrons. The van der Waals surface area contributed by atoms with Crippen LogP contribution in [0.5, 0.6) is 0 Å². The van der Waals surface area contributed by atoms with E-state index in [9.17, 15) is 9.18 Å². The third-order valence-corrected chi connectivity index (χ3v) is 3.10. The second-order valence-corrected chi connectivity index (χ2v) is 5.79. The lowest BCUT2D eigenvalue weighted by atomic mass is 9.85. The lowest BCUT2D eigenvalue weighted by Crippen LogP contribution is -2.43. The summed E-state index contributed by atoms with van der Waals surface area (Å²) in [4.78, 5) is 11.9. The topological polar surface area (TPSA) is 49.3 Å². The van der Waals surface area contributed by atoms with Crippen molar-refractivity contribution in [2.75, 3.05) is 6.61 Å². The second kappa shape index (κ2) is 7.20. The first-order valence-corrected chi connectivity index (χ1v) is 6.68. The predicted molar refractivity (Wildman–Crippen MR) is 78.5 cm³/mol. The molecule has 1 amide bonds. The van der Waals surface area contributed by atoms with E-state index in [1.807, 2.05) is 20.8 Å². The van der Waals surface area contributed by atoms with Crippen LogP contribution in [0.4, 0.5) is 4.39 Å². The van der Waals surface area contributed by atoms with Gasteiger partial charge in [0.25, 0.3) is 0 Å². The van der Waals surface area contributed by atoms with E-state index in [2.05, 4.69) is 5.32 Å². The molecule has 0 spiro atoms. The van der Waals surface area contributed by atoms with Crippen molar-refractivity contribution in [3.63, 3.8) is 0 Å². The summed E-state index contributed by atoms with van der Waals surface area (Å²) in [5, 5.41) is 11.9. The summed E-state index contributed by atoms with van der Waals surface area (Å²) < 4.78 is 13.4. The van der Waals surface area contributed by atoms with E-state index in [1.165, 1.54) is 18.2 Å². The van der Waals surface area contributed by atoms with Crippen LogP contribution in [-0.2, 0) is 4.79 Å². The Hall–Kier alpha value is -1.68. The Balaban J connectivity index is 2.69. The molecule has 1 unspecified atom stereocenters. The van der Waals surface area contributed by atoms with Crippen LogP contribution in [-0.4, -0.2) is 23.7 Å². The Morgan fingerprint density at radius 1 is 1.40 bits per heavy atom. The highest BCUT2D eigenvalue weighted by Gasteiger charge is 2.24. The molecule has 110 valence electrons. The number of halogens is 1. The van der Waals surface area contributed by atoms with Crippen molar-refractivity contribution in [3.05, 3.63) is 41.7 Å². The largest absolute Gasteiger partial charge is 0.396 e. The molecule has 0 bridgehead atoms. The fraction of sp³-hybridized carbons (Fsp3) is 0.438. The van der Waals surface area contributed by atoms with Gasteiger partial charge in [0, 0.05) is 24.3 Å². The van der Waals surface area contributed by atoms with E-state index < -0.39 is 0 Å². The average molecular weight is 279 g/mol. The normalized spacial score (nSPS) is 13.4. The van der Waals surface area contributed by atoms with Crippen LogP contribution in [0.3, 0.4) is 0 Å². The molecule has 0 saturated heterocycles. The van der Waals surface area contributed by atoms with Crippen LogP contribution in [0.2, 0.25) is 0 Å². The van der Waals surface area contributed by atoms with Gasteiger partial charge in [-0.05, 0) is 24.0 Å². The molecule has 0 fully saturated rings. The molecule has 1 rings (SSSR count). The number of carbonyl (C=O) groups excluding carboxylic acids is 1. The van der Waals surface area contributed by atoms with E-state index in [0.29, 0.717) is 12.0 Å². The molecule has 3 nitrogen and oxygen atoms in total. The van der Waals surface area contributed by atoms with E-state index in [4.69, 9.17) is 5.11 Å². The Morgan fingerprint density at radius 3 is 2.60 bits per heavy atom. The maximum atomic E-state index is 13.4. The minimum Gasteiger partial charge on any atom is -0.396 e. The summed E-state index contributed by atoms with van der Waals surface area (Å²) in [7, 11) is 0. The molecule has 1 atom stereocenters. The molecule has 0 aliphatic carbocycles. The molecular formula is C16H22FNO2. The van der Waals surface area contributed by atoms with Gasteiger partial charge in [-0.1, -0.05) is 39.0 Å². The molecule has 1 aromatic rings. The fourth-order valence-corrected chi connectivity index (χ4v) is 1.85. The van der Waals surface area contributed by atoms with Crippen LogP contribution in [0, 0.1) is 11.2 Å². The zero-order valence-electron chi connectivity index (χ0n) is 12.2. The quantitative estimate of drug-likeness (QED) is 0.814. The Labute approximate surface area is 119 Å². The van der Waals surface area contributed by atoms with Crippen LogP contribution in [0.15, 0.2) is 30.3 Å². The van der Waals surface area contributed by atoms with Crippen molar-refractivity contribution in [2.45, 2.75) is 33.2 Å². The lowest BCUT2D eigenvalue weighted by Gasteiger charge is -2.30. The predicted octanol–water partition coefficient (Wildman–Crippen LogP) is 2.75. The van der Waals surface area contributed by atoms with Crippen molar-refractivity contribution in [2.24, 2.45) is 5.41 Å². The zero-order valence-corrected chi connectivity index (χ0v) is 12.2. The van der Waals surface area contributed by atoms with Gasteiger partial charge in [0.2, 0.25) is 5.91 Å². The summed E-state index contributed by atoms with van der Waals surface area (Å²) in [6, 6.07) is 6.13. The monoisotopic (exact) mass is 279 g/mol. The van der Waals surface area contributed by atoms with Crippen LogP contribution < -0.4 is 5.32 Å². The van der Waals surface area contributed by atoms with Crippen LogP contribution >= 0.6 is 0 Å². The number of rotatable bonds is 5. The highest BCUT2D eigenvalue weighted by molar-refractivity contribution is 5.91. The molecule has 0 heterocycles. The third-order valence-electron chi connectivity index (χ3n) is 3.10. The van der Waals surface area contributed by atoms with Gasteiger partial charge in [0.05, 0.1) is 0 Å². The molecule has 4 heteroatoms. The first-order chi connectivity index (χ1) is 9.34. The molecule has 0 aliphatic heterocycles. The van der Waals surface area contributed by atoms with Crippen LogP contribution in [0.1, 0.15) is 32.8 Å². The maximum absolute atomic E-state index is 13.4. The number of hydrogen-bond acceptors (Lipinski definition) is 2. The number of carbonyl (C=O) groups is 1. The van der Waals surface area contributed by atoms with Gasteiger partial charge < -0.3 is 10.4 Å². The number of hydrogen-bond donors (Lipinski definition) is 2. The lowest BCUT2D eigenvalue weighted by molar-refractivity contribution is -0.118. The van der Waals surface area contributed by atoms with Crippen molar-refractivity contribution in [3.8, 4) is 0 Å². The molecule has 1 aromatic carbocycles. The average Bonchev–Trinajstić information content (AvgIpc) is 2.36. The van der Waals surface area contributed by atoms with Gasteiger partial charge in [-0.15, -0.1) is 0 Å². The Morgan fingerprint density at radius 2 is 2.05 bits per heavy atom. The summed E-state index contributed by atoms with van der Waals surface area (Å²) in [6.45, 7) is 6.00.